The fourth-order valence-corrected chi connectivity index (χ4v) is 3.45. The van der Waals surface area contributed by atoms with Crippen LogP contribution in [0.4, 0.5) is 0 Å². The molecular formula is C13H19ClN2OS. The second-order valence-corrected chi connectivity index (χ2v) is 6.18. The molecule has 1 fully saturated rings. The summed E-state index contributed by atoms with van der Waals surface area (Å²) in [5.41, 5.74) is 0.864. The Labute approximate surface area is 117 Å². The largest absolute Gasteiger partial charge is 0.345 e. The van der Waals surface area contributed by atoms with Crippen LogP contribution >= 0.6 is 22.9 Å². The van der Waals surface area contributed by atoms with Gasteiger partial charge in [0.15, 0.2) is 0 Å². The van der Waals surface area contributed by atoms with E-state index >= 15 is 0 Å². The Hall–Kier alpha value is -0.610. The van der Waals surface area contributed by atoms with E-state index in [-0.39, 0.29) is 5.91 Å². The van der Waals surface area contributed by atoms with Gasteiger partial charge >= 0.3 is 0 Å². The highest BCUT2D eigenvalue weighted by Gasteiger charge is 2.20. The molecule has 1 aromatic rings. The lowest BCUT2D eigenvalue weighted by molar-refractivity contribution is -0.129. The monoisotopic (exact) mass is 286 g/mol. The molecule has 2 rings (SSSR count). The normalized spacial score (nSPS) is 16.1. The van der Waals surface area contributed by atoms with Crippen molar-refractivity contribution in [3.05, 3.63) is 16.1 Å². The highest BCUT2D eigenvalue weighted by molar-refractivity contribution is 7.09. The molecule has 5 heteroatoms. The van der Waals surface area contributed by atoms with Crippen LogP contribution in [-0.4, -0.2) is 29.4 Å². The summed E-state index contributed by atoms with van der Waals surface area (Å²) in [7, 11) is 1.90. The van der Waals surface area contributed by atoms with Gasteiger partial charge < -0.3 is 4.90 Å². The zero-order valence-electron chi connectivity index (χ0n) is 10.7. The molecule has 18 heavy (non-hydrogen) atoms. The molecule has 0 spiro atoms. The average Bonchev–Trinajstić information content (AvgIpc) is 3.00. The summed E-state index contributed by atoms with van der Waals surface area (Å²) >= 11 is 7.22. The van der Waals surface area contributed by atoms with Crippen molar-refractivity contribution < 1.29 is 4.79 Å². The summed E-state index contributed by atoms with van der Waals surface area (Å²) in [5.74, 6) is 1.29. The number of thiazole rings is 1. The Balaban J connectivity index is 1.82. The van der Waals surface area contributed by atoms with E-state index < -0.39 is 0 Å². The van der Waals surface area contributed by atoms with Crippen molar-refractivity contribution in [3.63, 3.8) is 0 Å². The predicted molar refractivity (Wildman–Crippen MR) is 75.0 cm³/mol. The van der Waals surface area contributed by atoms with E-state index in [1.807, 2.05) is 17.3 Å². The Morgan fingerprint density at radius 1 is 1.56 bits per heavy atom. The molecule has 3 nitrogen and oxygen atoms in total. The van der Waals surface area contributed by atoms with Crippen LogP contribution < -0.4 is 0 Å². The van der Waals surface area contributed by atoms with E-state index in [1.165, 1.54) is 37.0 Å². The first-order valence-electron chi connectivity index (χ1n) is 6.42. The van der Waals surface area contributed by atoms with Crippen LogP contribution in [0.1, 0.15) is 36.4 Å². The standard InChI is InChI=1S/C13H19ClN2OS/c1-16(8-10-4-2-3-5-10)13(17)6-12-15-11(7-14)9-18-12/h9-10H,2-8H2,1H3. The summed E-state index contributed by atoms with van der Waals surface area (Å²) in [6.45, 7) is 0.895. The van der Waals surface area contributed by atoms with Crippen LogP contribution in [0.15, 0.2) is 5.38 Å². The molecule has 1 heterocycles. The molecule has 0 atom stereocenters. The molecule has 0 aromatic carbocycles. The van der Waals surface area contributed by atoms with Crippen molar-refractivity contribution in [3.8, 4) is 0 Å². The number of aromatic nitrogens is 1. The quantitative estimate of drug-likeness (QED) is 0.780. The first-order chi connectivity index (χ1) is 8.69. The van der Waals surface area contributed by atoms with E-state index in [0.717, 1.165) is 17.2 Å². The molecule has 1 saturated carbocycles. The predicted octanol–water partition coefficient (Wildman–Crippen LogP) is 3.07. The number of alkyl halides is 1. The number of nitrogens with zero attached hydrogens (tertiary/aromatic N) is 2. The van der Waals surface area contributed by atoms with Gasteiger partial charge in [-0.2, -0.15) is 0 Å². The molecule has 0 N–H and O–H groups in total. The lowest BCUT2D eigenvalue weighted by Gasteiger charge is -2.20. The molecule has 1 aliphatic rings. The van der Waals surface area contributed by atoms with Crippen molar-refractivity contribution in [1.82, 2.24) is 9.88 Å². The fraction of sp³-hybridized carbons (Fsp3) is 0.692. The topological polar surface area (TPSA) is 33.2 Å². The van der Waals surface area contributed by atoms with Crippen LogP contribution in [-0.2, 0) is 17.1 Å². The first-order valence-corrected chi connectivity index (χ1v) is 7.83. The number of carbonyl (C=O) groups excluding carboxylic acids is 1. The van der Waals surface area contributed by atoms with E-state index in [1.54, 1.807) is 0 Å². The van der Waals surface area contributed by atoms with Gasteiger partial charge in [-0.25, -0.2) is 4.98 Å². The van der Waals surface area contributed by atoms with Gasteiger partial charge in [0.05, 0.1) is 18.0 Å². The number of hydrogen-bond donors (Lipinski definition) is 0. The molecule has 1 aliphatic carbocycles. The van der Waals surface area contributed by atoms with Gasteiger partial charge in [-0.15, -0.1) is 22.9 Å². The van der Waals surface area contributed by atoms with Crippen molar-refractivity contribution in [2.75, 3.05) is 13.6 Å². The van der Waals surface area contributed by atoms with E-state index in [2.05, 4.69) is 4.98 Å². The lowest BCUT2D eigenvalue weighted by atomic mass is 10.1. The van der Waals surface area contributed by atoms with Gasteiger partial charge in [-0.3, -0.25) is 4.79 Å². The molecule has 0 bridgehead atoms. The number of rotatable bonds is 5. The van der Waals surface area contributed by atoms with E-state index in [4.69, 9.17) is 11.6 Å². The Bertz CT molecular complexity index is 401. The van der Waals surface area contributed by atoms with Crippen molar-refractivity contribution in [2.45, 2.75) is 38.0 Å². The van der Waals surface area contributed by atoms with Crippen molar-refractivity contribution >= 4 is 28.8 Å². The van der Waals surface area contributed by atoms with Crippen molar-refractivity contribution in [1.29, 1.82) is 0 Å². The fourth-order valence-electron chi connectivity index (χ4n) is 2.44. The summed E-state index contributed by atoms with van der Waals surface area (Å²) in [6, 6.07) is 0. The highest BCUT2D eigenvalue weighted by Crippen LogP contribution is 2.25. The SMILES string of the molecule is CN(CC1CCCC1)C(=O)Cc1nc(CCl)cs1. The smallest absolute Gasteiger partial charge is 0.229 e. The van der Waals surface area contributed by atoms with Gasteiger partial charge in [-0.05, 0) is 18.8 Å². The maximum Gasteiger partial charge on any atom is 0.229 e. The second-order valence-electron chi connectivity index (χ2n) is 4.97. The van der Waals surface area contributed by atoms with Crippen molar-refractivity contribution in [2.24, 2.45) is 5.92 Å². The second kappa shape index (κ2) is 6.53. The minimum absolute atomic E-state index is 0.164. The number of halogens is 1. The molecule has 1 aromatic heterocycles. The Morgan fingerprint density at radius 3 is 2.89 bits per heavy atom. The Kier molecular flexibility index (Phi) is 5.01. The van der Waals surface area contributed by atoms with Gasteiger partial charge in [0.2, 0.25) is 5.91 Å². The molecule has 0 saturated heterocycles. The van der Waals surface area contributed by atoms with Gasteiger partial charge in [0, 0.05) is 19.0 Å². The van der Waals surface area contributed by atoms with Gasteiger partial charge in [-0.1, -0.05) is 12.8 Å². The molecule has 0 radical (unpaired) electrons. The number of carbonyl (C=O) groups is 1. The van der Waals surface area contributed by atoms with E-state index in [9.17, 15) is 4.79 Å². The Morgan fingerprint density at radius 2 is 2.28 bits per heavy atom. The molecule has 1 amide bonds. The highest BCUT2D eigenvalue weighted by atomic mass is 35.5. The molecule has 100 valence electrons. The lowest BCUT2D eigenvalue weighted by Crippen LogP contribution is -2.32. The molecule has 0 unspecified atom stereocenters. The summed E-state index contributed by atoms with van der Waals surface area (Å²) < 4.78 is 0. The number of likely N-dealkylation sites (N-methyl/N-ethyl adjacent to an activating group) is 1. The number of amides is 1. The van der Waals surface area contributed by atoms with Crippen LogP contribution in [0.5, 0.6) is 0 Å². The van der Waals surface area contributed by atoms with Gasteiger partial charge in [0.25, 0.3) is 0 Å². The third-order valence-corrected chi connectivity index (χ3v) is 4.64. The number of hydrogen-bond acceptors (Lipinski definition) is 3. The maximum absolute atomic E-state index is 12.1. The minimum atomic E-state index is 0.164. The zero-order valence-corrected chi connectivity index (χ0v) is 12.3. The molecular weight excluding hydrogens is 268 g/mol. The summed E-state index contributed by atoms with van der Waals surface area (Å²) in [6.07, 6.45) is 5.58. The first kappa shape index (κ1) is 13.8. The van der Waals surface area contributed by atoms with E-state index in [0.29, 0.717) is 18.2 Å². The van der Waals surface area contributed by atoms with Crippen LogP contribution in [0.25, 0.3) is 0 Å². The third-order valence-electron chi connectivity index (χ3n) is 3.47. The van der Waals surface area contributed by atoms with Gasteiger partial charge in [0.1, 0.15) is 5.01 Å². The third kappa shape index (κ3) is 3.69. The van der Waals surface area contributed by atoms with Crippen LogP contribution in [0.3, 0.4) is 0 Å². The van der Waals surface area contributed by atoms with Crippen LogP contribution in [0, 0.1) is 5.92 Å². The maximum atomic E-state index is 12.1. The molecule has 0 aliphatic heterocycles. The zero-order chi connectivity index (χ0) is 13.0. The average molecular weight is 287 g/mol. The summed E-state index contributed by atoms with van der Waals surface area (Å²) in [4.78, 5) is 18.2. The summed E-state index contributed by atoms with van der Waals surface area (Å²) in [5, 5.41) is 2.79. The minimum Gasteiger partial charge on any atom is -0.345 e. The van der Waals surface area contributed by atoms with Crippen LogP contribution in [0.2, 0.25) is 0 Å².